The van der Waals surface area contributed by atoms with E-state index in [1.165, 1.54) is 0 Å². The third kappa shape index (κ3) is 4.34. The van der Waals surface area contributed by atoms with Gasteiger partial charge in [0.2, 0.25) is 6.54 Å². The SMILES string of the molecule is CC(C)C(C[N+](=O)[O-])Sc1ccccc1. The molecule has 15 heavy (non-hydrogen) atoms. The van der Waals surface area contributed by atoms with Gasteiger partial charge in [-0.15, -0.1) is 11.8 Å². The molecule has 0 heterocycles. The number of benzene rings is 1. The molecule has 0 amide bonds. The lowest BCUT2D eigenvalue weighted by molar-refractivity contribution is -0.480. The zero-order chi connectivity index (χ0) is 11.3. The minimum Gasteiger partial charge on any atom is -0.265 e. The summed E-state index contributed by atoms with van der Waals surface area (Å²) in [4.78, 5) is 11.4. The summed E-state index contributed by atoms with van der Waals surface area (Å²) in [6.07, 6.45) is 0. The fourth-order valence-corrected chi connectivity index (χ4v) is 2.34. The Morgan fingerprint density at radius 2 is 1.93 bits per heavy atom. The van der Waals surface area contributed by atoms with Crippen molar-refractivity contribution in [2.75, 3.05) is 6.54 Å². The molecule has 0 fully saturated rings. The summed E-state index contributed by atoms with van der Waals surface area (Å²) in [6.45, 7) is 4.06. The first-order valence-electron chi connectivity index (χ1n) is 4.93. The van der Waals surface area contributed by atoms with Gasteiger partial charge in [0, 0.05) is 9.82 Å². The van der Waals surface area contributed by atoms with Crippen molar-refractivity contribution in [1.82, 2.24) is 0 Å². The molecule has 0 radical (unpaired) electrons. The largest absolute Gasteiger partial charge is 0.265 e. The second-order valence-corrected chi connectivity index (χ2v) is 5.04. The van der Waals surface area contributed by atoms with Crippen LogP contribution >= 0.6 is 11.8 Å². The van der Waals surface area contributed by atoms with E-state index in [2.05, 4.69) is 0 Å². The molecule has 0 aromatic heterocycles. The van der Waals surface area contributed by atoms with E-state index in [0.717, 1.165) is 4.90 Å². The van der Waals surface area contributed by atoms with Crippen molar-refractivity contribution >= 4 is 11.8 Å². The van der Waals surface area contributed by atoms with Crippen molar-refractivity contribution in [3.8, 4) is 0 Å². The van der Waals surface area contributed by atoms with Gasteiger partial charge in [-0.1, -0.05) is 32.0 Å². The van der Waals surface area contributed by atoms with E-state index in [0.29, 0.717) is 5.92 Å². The number of rotatable bonds is 5. The van der Waals surface area contributed by atoms with E-state index in [-0.39, 0.29) is 16.7 Å². The fraction of sp³-hybridized carbons (Fsp3) is 0.455. The molecule has 0 bridgehead atoms. The Morgan fingerprint density at radius 1 is 1.33 bits per heavy atom. The first kappa shape index (κ1) is 12.0. The van der Waals surface area contributed by atoms with Crippen LogP contribution in [-0.4, -0.2) is 16.7 Å². The number of nitrogens with zero attached hydrogens (tertiary/aromatic N) is 1. The maximum absolute atomic E-state index is 10.5. The zero-order valence-corrected chi connectivity index (χ0v) is 9.74. The van der Waals surface area contributed by atoms with Gasteiger partial charge in [0.1, 0.15) is 0 Å². The highest BCUT2D eigenvalue weighted by atomic mass is 32.2. The predicted octanol–water partition coefficient (Wildman–Crippen LogP) is 3.08. The molecule has 3 nitrogen and oxygen atoms in total. The van der Waals surface area contributed by atoms with Crippen LogP contribution in [0.25, 0.3) is 0 Å². The van der Waals surface area contributed by atoms with Crippen molar-refractivity contribution in [1.29, 1.82) is 0 Å². The Morgan fingerprint density at radius 3 is 2.40 bits per heavy atom. The van der Waals surface area contributed by atoms with Gasteiger partial charge in [0.05, 0.1) is 5.25 Å². The predicted molar refractivity (Wildman–Crippen MR) is 62.8 cm³/mol. The Labute approximate surface area is 94.0 Å². The third-order valence-corrected chi connectivity index (χ3v) is 3.64. The van der Waals surface area contributed by atoms with Gasteiger partial charge in [-0.2, -0.15) is 0 Å². The van der Waals surface area contributed by atoms with E-state index in [1.54, 1.807) is 11.8 Å². The lowest BCUT2D eigenvalue weighted by atomic mass is 10.1. The maximum atomic E-state index is 10.5. The van der Waals surface area contributed by atoms with Crippen LogP contribution in [0.15, 0.2) is 35.2 Å². The summed E-state index contributed by atoms with van der Waals surface area (Å²) in [7, 11) is 0. The van der Waals surface area contributed by atoms with Crippen LogP contribution in [0.1, 0.15) is 13.8 Å². The number of hydrogen-bond acceptors (Lipinski definition) is 3. The molecule has 0 saturated carbocycles. The van der Waals surface area contributed by atoms with Crippen molar-refractivity contribution < 1.29 is 4.92 Å². The van der Waals surface area contributed by atoms with Crippen LogP contribution in [0.2, 0.25) is 0 Å². The molecule has 0 N–H and O–H groups in total. The highest BCUT2D eigenvalue weighted by Crippen LogP contribution is 2.27. The average molecular weight is 225 g/mol. The molecule has 0 aliphatic rings. The highest BCUT2D eigenvalue weighted by Gasteiger charge is 2.20. The van der Waals surface area contributed by atoms with Gasteiger partial charge in [0.15, 0.2) is 0 Å². The summed E-state index contributed by atoms with van der Waals surface area (Å²) >= 11 is 1.58. The van der Waals surface area contributed by atoms with Crippen LogP contribution in [-0.2, 0) is 0 Å². The Balaban J connectivity index is 2.63. The standard InChI is InChI=1S/C11H15NO2S/c1-9(2)11(8-12(13)14)15-10-6-4-3-5-7-10/h3-7,9,11H,8H2,1-2H3. The normalized spacial score (nSPS) is 12.7. The molecule has 1 rings (SSSR count). The molecule has 0 saturated heterocycles. The quantitative estimate of drug-likeness (QED) is 0.439. The van der Waals surface area contributed by atoms with Crippen LogP contribution < -0.4 is 0 Å². The monoisotopic (exact) mass is 225 g/mol. The second-order valence-electron chi connectivity index (χ2n) is 3.73. The van der Waals surface area contributed by atoms with Gasteiger partial charge < -0.3 is 0 Å². The summed E-state index contributed by atoms with van der Waals surface area (Å²) in [5.41, 5.74) is 0. The van der Waals surface area contributed by atoms with Gasteiger partial charge in [-0.25, -0.2) is 0 Å². The lowest BCUT2D eigenvalue weighted by Gasteiger charge is -2.15. The first-order chi connectivity index (χ1) is 7.09. The van der Waals surface area contributed by atoms with Crippen molar-refractivity contribution in [2.24, 2.45) is 5.92 Å². The third-order valence-electron chi connectivity index (χ3n) is 2.10. The van der Waals surface area contributed by atoms with Crippen molar-refractivity contribution in [3.05, 3.63) is 40.4 Å². The first-order valence-corrected chi connectivity index (χ1v) is 5.81. The Kier molecular flexibility index (Phi) is 4.62. The summed E-state index contributed by atoms with van der Waals surface area (Å²) in [5, 5.41) is 10.5. The van der Waals surface area contributed by atoms with E-state index in [9.17, 15) is 10.1 Å². The zero-order valence-electron chi connectivity index (χ0n) is 8.92. The molecule has 0 aliphatic heterocycles. The second kappa shape index (κ2) is 5.75. The molecule has 1 unspecified atom stereocenters. The van der Waals surface area contributed by atoms with E-state index < -0.39 is 0 Å². The molecule has 1 aromatic rings. The van der Waals surface area contributed by atoms with Gasteiger partial charge >= 0.3 is 0 Å². The summed E-state index contributed by atoms with van der Waals surface area (Å²) < 4.78 is 0. The van der Waals surface area contributed by atoms with Gasteiger partial charge in [-0.3, -0.25) is 10.1 Å². The fourth-order valence-electron chi connectivity index (χ4n) is 1.20. The van der Waals surface area contributed by atoms with Crippen LogP contribution in [0.3, 0.4) is 0 Å². The smallest absolute Gasteiger partial charge is 0.216 e. The lowest BCUT2D eigenvalue weighted by Crippen LogP contribution is -2.21. The highest BCUT2D eigenvalue weighted by molar-refractivity contribution is 8.00. The van der Waals surface area contributed by atoms with Crippen LogP contribution in [0, 0.1) is 16.0 Å². The molecule has 0 spiro atoms. The Bertz CT molecular complexity index is 314. The van der Waals surface area contributed by atoms with Crippen molar-refractivity contribution in [3.63, 3.8) is 0 Å². The van der Waals surface area contributed by atoms with E-state index in [4.69, 9.17) is 0 Å². The molecular formula is C11H15NO2S. The summed E-state index contributed by atoms with van der Waals surface area (Å²) in [5.74, 6) is 0.306. The van der Waals surface area contributed by atoms with Gasteiger partial charge in [0.25, 0.3) is 0 Å². The molecule has 1 atom stereocenters. The molecule has 4 heteroatoms. The maximum Gasteiger partial charge on any atom is 0.216 e. The molecular weight excluding hydrogens is 210 g/mol. The number of thioether (sulfide) groups is 1. The topological polar surface area (TPSA) is 43.1 Å². The van der Waals surface area contributed by atoms with E-state index >= 15 is 0 Å². The number of nitro groups is 1. The minimum absolute atomic E-state index is 0.0250. The average Bonchev–Trinajstić information content (AvgIpc) is 2.17. The molecule has 0 aliphatic carbocycles. The van der Waals surface area contributed by atoms with Gasteiger partial charge in [-0.05, 0) is 18.1 Å². The van der Waals surface area contributed by atoms with Crippen LogP contribution in [0.4, 0.5) is 0 Å². The Hall–Kier alpha value is -1.03. The van der Waals surface area contributed by atoms with E-state index in [1.807, 2.05) is 44.2 Å². The summed E-state index contributed by atoms with van der Waals surface area (Å²) in [6, 6.07) is 9.82. The number of hydrogen-bond donors (Lipinski definition) is 0. The van der Waals surface area contributed by atoms with Crippen LogP contribution in [0.5, 0.6) is 0 Å². The van der Waals surface area contributed by atoms with Crippen molar-refractivity contribution in [2.45, 2.75) is 24.0 Å². The molecule has 1 aromatic carbocycles. The molecule has 82 valence electrons. The minimum atomic E-state index is -0.236.